The van der Waals surface area contributed by atoms with Gasteiger partial charge >= 0.3 is 0 Å². The van der Waals surface area contributed by atoms with Gasteiger partial charge in [-0.15, -0.1) is 0 Å². The van der Waals surface area contributed by atoms with Crippen LogP contribution in [-0.4, -0.2) is 9.78 Å². The lowest BCUT2D eigenvalue weighted by atomic mass is 10.1. The van der Waals surface area contributed by atoms with Crippen molar-refractivity contribution in [3.8, 4) is 16.9 Å². The third-order valence-corrected chi connectivity index (χ3v) is 3.76. The Bertz CT molecular complexity index is 753. The molecule has 100 valence electrons. The molecule has 0 spiro atoms. The number of rotatable bonds is 2. The minimum Gasteiger partial charge on any atom is -0.384 e. The van der Waals surface area contributed by atoms with Gasteiger partial charge in [-0.3, -0.25) is 0 Å². The number of nitrogens with two attached hydrogens (primary N) is 1. The third kappa shape index (κ3) is 2.44. The summed E-state index contributed by atoms with van der Waals surface area (Å²) in [5.41, 5.74) is 8.56. The number of halogens is 2. The lowest BCUT2D eigenvalue weighted by molar-refractivity contribution is 0.895. The van der Waals surface area contributed by atoms with Crippen LogP contribution in [0.25, 0.3) is 16.9 Å². The molecule has 20 heavy (non-hydrogen) atoms. The van der Waals surface area contributed by atoms with E-state index in [9.17, 15) is 0 Å². The second kappa shape index (κ2) is 5.31. The van der Waals surface area contributed by atoms with E-state index in [4.69, 9.17) is 17.3 Å². The molecule has 0 radical (unpaired) electrons. The number of para-hydroxylation sites is 1. The van der Waals surface area contributed by atoms with Gasteiger partial charge in [-0.2, -0.15) is 5.10 Å². The van der Waals surface area contributed by atoms with Crippen LogP contribution in [0.4, 0.5) is 5.82 Å². The molecule has 3 nitrogen and oxygen atoms in total. The molecule has 0 amide bonds. The number of hydrogen-bond acceptors (Lipinski definition) is 2. The van der Waals surface area contributed by atoms with E-state index in [0.717, 1.165) is 21.4 Å². The molecule has 0 bridgehead atoms. The van der Waals surface area contributed by atoms with Gasteiger partial charge in [0, 0.05) is 16.1 Å². The van der Waals surface area contributed by atoms with Crippen LogP contribution in [0.3, 0.4) is 0 Å². The van der Waals surface area contributed by atoms with Crippen LogP contribution < -0.4 is 5.73 Å². The highest BCUT2D eigenvalue weighted by molar-refractivity contribution is 9.10. The van der Waals surface area contributed by atoms with Crippen molar-refractivity contribution in [3.63, 3.8) is 0 Å². The highest BCUT2D eigenvalue weighted by Crippen LogP contribution is 2.31. The van der Waals surface area contributed by atoms with Crippen LogP contribution in [0, 0.1) is 0 Å². The van der Waals surface area contributed by atoms with Crippen LogP contribution in [0.2, 0.25) is 5.02 Å². The van der Waals surface area contributed by atoms with Crippen molar-refractivity contribution in [1.29, 1.82) is 0 Å². The minimum absolute atomic E-state index is 0.572. The molecule has 0 aliphatic rings. The van der Waals surface area contributed by atoms with Gasteiger partial charge in [0.1, 0.15) is 5.82 Å². The van der Waals surface area contributed by atoms with Crippen LogP contribution in [0.5, 0.6) is 0 Å². The molecule has 0 fully saturated rings. The van der Waals surface area contributed by atoms with Crippen LogP contribution >= 0.6 is 27.5 Å². The summed E-state index contributed by atoms with van der Waals surface area (Å²) in [4.78, 5) is 0. The SMILES string of the molecule is Nc1cc(-c2cc(Br)ccc2Cl)nn1-c1ccccc1. The van der Waals surface area contributed by atoms with Gasteiger partial charge < -0.3 is 5.73 Å². The van der Waals surface area contributed by atoms with Crippen LogP contribution in [0.1, 0.15) is 0 Å². The highest BCUT2D eigenvalue weighted by Gasteiger charge is 2.11. The van der Waals surface area contributed by atoms with E-state index in [0.29, 0.717) is 10.8 Å². The first-order valence-electron chi connectivity index (χ1n) is 6.01. The van der Waals surface area contributed by atoms with Gasteiger partial charge in [0.2, 0.25) is 0 Å². The summed E-state index contributed by atoms with van der Waals surface area (Å²) in [6.45, 7) is 0. The maximum atomic E-state index is 6.23. The zero-order chi connectivity index (χ0) is 14.1. The lowest BCUT2D eigenvalue weighted by Crippen LogP contribution is -2.01. The zero-order valence-corrected chi connectivity index (χ0v) is 12.8. The molecular formula is C15H11BrClN3. The average molecular weight is 349 g/mol. The lowest BCUT2D eigenvalue weighted by Gasteiger charge is -2.03. The summed E-state index contributed by atoms with van der Waals surface area (Å²) in [5, 5.41) is 5.18. The van der Waals surface area contributed by atoms with Crippen LogP contribution in [0.15, 0.2) is 59.1 Å². The number of aromatic nitrogens is 2. The van der Waals surface area contributed by atoms with E-state index in [1.54, 1.807) is 4.68 Å². The van der Waals surface area contributed by atoms with Crippen LogP contribution in [-0.2, 0) is 0 Å². The average Bonchev–Trinajstić information content (AvgIpc) is 2.84. The molecule has 0 unspecified atom stereocenters. The highest BCUT2D eigenvalue weighted by atomic mass is 79.9. The molecule has 2 N–H and O–H groups in total. The Kier molecular flexibility index (Phi) is 3.51. The molecule has 5 heteroatoms. The van der Waals surface area contributed by atoms with Gasteiger partial charge in [0.05, 0.1) is 16.4 Å². The topological polar surface area (TPSA) is 43.8 Å². The third-order valence-electron chi connectivity index (χ3n) is 2.94. The van der Waals surface area contributed by atoms with Crippen molar-refractivity contribution in [1.82, 2.24) is 9.78 Å². The predicted octanol–water partition coefficient (Wildman–Crippen LogP) is 4.54. The van der Waals surface area contributed by atoms with Gasteiger partial charge in [-0.25, -0.2) is 4.68 Å². The summed E-state index contributed by atoms with van der Waals surface area (Å²) in [7, 11) is 0. The Morgan fingerprint density at radius 2 is 1.80 bits per heavy atom. The second-order valence-corrected chi connectivity index (χ2v) is 5.65. The van der Waals surface area contributed by atoms with Crippen molar-refractivity contribution in [3.05, 3.63) is 64.1 Å². The monoisotopic (exact) mass is 347 g/mol. The fourth-order valence-corrected chi connectivity index (χ4v) is 2.57. The molecule has 0 aliphatic carbocycles. The predicted molar refractivity (Wildman–Crippen MR) is 86.1 cm³/mol. The molecule has 0 saturated heterocycles. The van der Waals surface area contributed by atoms with Crippen molar-refractivity contribution >= 4 is 33.3 Å². The van der Waals surface area contributed by atoms with Gasteiger partial charge in [-0.1, -0.05) is 45.7 Å². The van der Waals surface area contributed by atoms with Crippen molar-refractivity contribution in [2.75, 3.05) is 5.73 Å². The Labute approximate surface area is 130 Å². The Hall–Kier alpha value is -1.78. The molecule has 3 aromatic rings. The summed E-state index contributed by atoms with van der Waals surface area (Å²) in [5.74, 6) is 0.572. The normalized spacial score (nSPS) is 10.7. The van der Waals surface area contributed by atoms with Crippen molar-refractivity contribution in [2.45, 2.75) is 0 Å². The van der Waals surface area contributed by atoms with E-state index in [-0.39, 0.29) is 0 Å². The molecule has 3 rings (SSSR count). The molecule has 1 heterocycles. The quantitative estimate of drug-likeness (QED) is 0.739. The van der Waals surface area contributed by atoms with E-state index >= 15 is 0 Å². The van der Waals surface area contributed by atoms with E-state index < -0.39 is 0 Å². The van der Waals surface area contributed by atoms with E-state index in [1.165, 1.54) is 0 Å². The Morgan fingerprint density at radius 3 is 2.55 bits per heavy atom. The summed E-state index contributed by atoms with van der Waals surface area (Å²) in [6, 6.07) is 17.2. The maximum absolute atomic E-state index is 6.23. The molecule has 2 aromatic carbocycles. The summed E-state index contributed by atoms with van der Waals surface area (Å²) in [6.07, 6.45) is 0. The second-order valence-electron chi connectivity index (χ2n) is 4.33. The first-order chi connectivity index (χ1) is 9.65. The molecule has 1 aromatic heterocycles. The molecule has 0 aliphatic heterocycles. The fraction of sp³-hybridized carbons (Fsp3) is 0. The molecular weight excluding hydrogens is 338 g/mol. The van der Waals surface area contributed by atoms with E-state index in [1.807, 2.05) is 54.6 Å². The van der Waals surface area contributed by atoms with Crippen molar-refractivity contribution in [2.24, 2.45) is 0 Å². The fourth-order valence-electron chi connectivity index (χ4n) is 2.00. The molecule has 0 atom stereocenters. The van der Waals surface area contributed by atoms with Crippen molar-refractivity contribution < 1.29 is 0 Å². The summed E-state index contributed by atoms with van der Waals surface area (Å²) >= 11 is 9.67. The zero-order valence-electron chi connectivity index (χ0n) is 10.4. The van der Waals surface area contributed by atoms with Gasteiger partial charge in [0.25, 0.3) is 0 Å². The maximum Gasteiger partial charge on any atom is 0.127 e. The Morgan fingerprint density at radius 1 is 1.05 bits per heavy atom. The van der Waals surface area contributed by atoms with E-state index in [2.05, 4.69) is 21.0 Å². The summed E-state index contributed by atoms with van der Waals surface area (Å²) < 4.78 is 2.65. The number of benzene rings is 2. The standard InChI is InChI=1S/C15H11BrClN3/c16-10-6-7-13(17)12(8-10)14-9-15(18)20(19-14)11-4-2-1-3-5-11/h1-9H,18H2. The number of anilines is 1. The minimum atomic E-state index is 0.572. The van der Waals surface area contributed by atoms with Gasteiger partial charge in [0.15, 0.2) is 0 Å². The largest absolute Gasteiger partial charge is 0.384 e. The Balaban J connectivity index is 2.11. The number of nitrogen functional groups attached to an aromatic ring is 1. The number of nitrogens with zero attached hydrogens (tertiary/aromatic N) is 2. The first kappa shape index (κ1) is 13.2. The van der Waals surface area contributed by atoms with Gasteiger partial charge in [-0.05, 0) is 30.3 Å². The molecule has 0 saturated carbocycles. The number of hydrogen-bond donors (Lipinski definition) is 1. The first-order valence-corrected chi connectivity index (χ1v) is 7.18. The smallest absolute Gasteiger partial charge is 0.127 e.